The van der Waals surface area contributed by atoms with Crippen LogP contribution in [0.15, 0.2) is 29.9 Å². The highest BCUT2D eigenvalue weighted by atomic mass is 19.4. The monoisotopic (exact) mass is 163 g/mol. The van der Waals surface area contributed by atoms with Gasteiger partial charge < -0.3 is 0 Å². The van der Waals surface area contributed by atoms with Crippen LogP contribution in [0.3, 0.4) is 0 Å². The number of nitrogens with zero attached hydrogens (tertiary/aromatic N) is 1. The van der Waals surface area contributed by atoms with Gasteiger partial charge in [0, 0.05) is 6.20 Å². The van der Waals surface area contributed by atoms with E-state index in [4.69, 9.17) is 0 Å². The predicted octanol–water partition coefficient (Wildman–Crippen LogP) is 2.71. The Balaban J connectivity index is 4.61. The SMILES string of the molecule is C=C/N=C(\C=C/C)C(F)(F)F. The van der Waals surface area contributed by atoms with Crippen molar-refractivity contribution in [1.29, 1.82) is 0 Å². The number of hydrogen-bond donors (Lipinski definition) is 0. The summed E-state index contributed by atoms with van der Waals surface area (Å²) in [6.45, 7) is 4.57. The van der Waals surface area contributed by atoms with Gasteiger partial charge in [-0.1, -0.05) is 12.7 Å². The minimum Gasteiger partial charge on any atom is -0.252 e. The Bertz CT molecular complexity index is 188. The fraction of sp³-hybridized carbons (Fsp3) is 0.286. The van der Waals surface area contributed by atoms with Gasteiger partial charge in [-0.05, 0) is 13.0 Å². The largest absolute Gasteiger partial charge is 0.433 e. The number of hydrogen-bond acceptors (Lipinski definition) is 1. The van der Waals surface area contributed by atoms with Gasteiger partial charge in [0.1, 0.15) is 5.71 Å². The van der Waals surface area contributed by atoms with Crippen molar-refractivity contribution in [3.63, 3.8) is 0 Å². The summed E-state index contributed by atoms with van der Waals surface area (Å²) >= 11 is 0. The van der Waals surface area contributed by atoms with Gasteiger partial charge in [-0.3, -0.25) is 4.99 Å². The molecule has 0 aromatic rings. The van der Waals surface area contributed by atoms with E-state index in [1.54, 1.807) is 0 Å². The second kappa shape index (κ2) is 3.95. The molecule has 0 fully saturated rings. The standard InChI is InChI=1S/C7H8F3N/c1-3-5-6(11-4-2)7(8,9)10/h3-5H,2H2,1H3/b5-3-,11-6+. The molecule has 0 aliphatic heterocycles. The zero-order valence-corrected chi connectivity index (χ0v) is 6.02. The maximum absolute atomic E-state index is 11.9. The average molecular weight is 163 g/mol. The molecule has 0 spiro atoms. The normalized spacial score (nSPS) is 14.0. The molecule has 4 heteroatoms. The van der Waals surface area contributed by atoms with Crippen molar-refractivity contribution in [2.24, 2.45) is 4.99 Å². The first-order valence-corrected chi connectivity index (χ1v) is 2.91. The molecule has 0 saturated carbocycles. The van der Waals surface area contributed by atoms with Crippen LogP contribution < -0.4 is 0 Å². The molecule has 0 aliphatic rings. The Hall–Kier alpha value is -1.06. The van der Waals surface area contributed by atoms with Gasteiger partial charge in [0.15, 0.2) is 0 Å². The predicted molar refractivity (Wildman–Crippen MR) is 38.5 cm³/mol. The third-order valence-corrected chi connectivity index (χ3v) is 0.845. The van der Waals surface area contributed by atoms with Gasteiger partial charge in [-0.15, -0.1) is 0 Å². The Morgan fingerprint density at radius 3 is 2.27 bits per heavy atom. The summed E-state index contributed by atoms with van der Waals surface area (Å²) in [5, 5.41) is 0. The molecule has 0 bridgehead atoms. The van der Waals surface area contributed by atoms with Crippen LogP contribution in [0.25, 0.3) is 0 Å². The molecule has 11 heavy (non-hydrogen) atoms. The van der Waals surface area contributed by atoms with Crippen LogP contribution in [0, 0.1) is 0 Å². The quantitative estimate of drug-likeness (QED) is 0.555. The molecule has 1 nitrogen and oxygen atoms in total. The molecule has 62 valence electrons. The van der Waals surface area contributed by atoms with Crippen LogP contribution >= 0.6 is 0 Å². The fourth-order valence-corrected chi connectivity index (χ4v) is 0.467. The maximum Gasteiger partial charge on any atom is 0.433 e. The summed E-state index contributed by atoms with van der Waals surface area (Å²) < 4.78 is 35.6. The van der Waals surface area contributed by atoms with E-state index < -0.39 is 11.9 Å². The molecule has 0 aromatic carbocycles. The van der Waals surface area contributed by atoms with Crippen molar-refractivity contribution in [3.05, 3.63) is 24.9 Å². The molecular weight excluding hydrogens is 155 g/mol. The highest BCUT2D eigenvalue weighted by Gasteiger charge is 2.33. The van der Waals surface area contributed by atoms with E-state index in [0.717, 1.165) is 12.3 Å². The molecule has 0 atom stereocenters. The van der Waals surface area contributed by atoms with Gasteiger partial charge in [-0.25, -0.2) is 0 Å². The summed E-state index contributed by atoms with van der Waals surface area (Å²) in [6, 6.07) is 0. The Kier molecular flexibility index (Phi) is 3.57. The lowest BCUT2D eigenvalue weighted by atomic mass is 10.3. The van der Waals surface area contributed by atoms with E-state index in [9.17, 15) is 13.2 Å². The lowest BCUT2D eigenvalue weighted by molar-refractivity contribution is -0.0576. The van der Waals surface area contributed by atoms with E-state index in [2.05, 4.69) is 11.6 Å². The molecule has 0 amide bonds. The van der Waals surface area contributed by atoms with Crippen molar-refractivity contribution >= 4 is 5.71 Å². The molecule has 0 N–H and O–H groups in total. The van der Waals surface area contributed by atoms with E-state index in [-0.39, 0.29) is 0 Å². The van der Waals surface area contributed by atoms with Gasteiger partial charge >= 0.3 is 6.18 Å². The van der Waals surface area contributed by atoms with Crippen molar-refractivity contribution in [2.75, 3.05) is 0 Å². The first kappa shape index (κ1) is 9.94. The number of rotatable bonds is 2. The molecule has 0 unspecified atom stereocenters. The lowest BCUT2D eigenvalue weighted by Gasteiger charge is -2.03. The molecular formula is C7H8F3N. The number of halogens is 3. The molecule has 0 aromatic heterocycles. The zero-order chi connectivity index (χ0) is 8.91. The molecule has 0 heterocycles. The summed E-state index contributed by atoms with van der Waals surface area (Å²) in [7, 11) is 0. The second-order valence-electron chi connectivity index (χ2n) is 1.69. The van der Waals surface area contributed by atoms with Crippen LogP contribution in [0.5, 0.6) is 0 Å². The fourth-order valence-electron chi connectivity index (χ4n) is 0.467. The number of allylic oxidation sites excluding steroid dienone is 2. The van der Waals surface area contributed by atoms with E-state index in [1.165, 1.54) is 13.0 Å². The van der Waals surface area contributed by atoms with Crippen molar-refractivity contribution in [1.82, 2.24) is 0 Å². The zero-order valence-electron chi connectivity index (χ0n) is 6.02. The average Bonchev–Trinajstić information content (AvgIpc) is 1.85. The topological polar surface area (TPSA) is 12.4 Å². The van der Waals surface area contributed by atoms with E-state index in [0.29, 0.717) is 0 Å². The van der Waals surface area contributed by atoms with Crippen LogP contribution in [-0.4, -0.2) is 11.9 Å². The van der Waals surface area contributed by atoms with Crippen molar-refractivity contribution in [3.8, 4) is 0 Å². The Morgan fingerprint density at radius 2 is 2.00 bits per heavy atom. The van der Waals surface area contributed by atoms with Gasteiger partial charge in [-0.2, -0.15) is 13.2 Å². The minimum atomic E-state index is -4.39. The van der Waals surface area contributed by atoms with E-state index in [1.807, 2.05) is 0 Å². The molecule has 0 aliphatic carbocycles. The lowest BCUT2D eigenvalue weighted by Crippen LogP contribution is -2.20. The Labute approximate surface area is 62.9 Å². The summed E-state index contributed by atoms with van der Waals surface area (Å²) in [4.78, 5) is 3.05. The van der Waals surface area contributed by atoms with Crippen molar-refractivity contribution < 1.29 is 13.2 Å². The molecule has 0 saturated heterocycles. The highest BCUT2D eigenvalue weighted by molar-refractivity contribution is 5.99. The van der Waals surface area contributed by atoms with Crippen LogP contribution in [0.1, 0.15) is 6.92 Å². The van der Waals surface area contributed by atoms with Crippen LogP contribution in [-0.2, 0) is 0 Å². The summed E-state index contributed by atoms with van der Waals surface area (Å²) in [5.41, 5.74) is -0.935. The van der Waals surface area contributed by atoms with Crippen molar-refractivity contribution in [2.45, 2.75) is 13.1 Å². The first-order chi connectivity index (χ1) is 5.02. The first-order valence-electron chi connectivity index (χ1n) is 2.91. The Morgan fingerprint density at radius 1 is 1.45 bits per heavy atom. The van der Waals surface area contributed by atoms with Crippen LogP contribution in [0.4, 0.5) is 13.2 Å². The minimum absolute atomic E-state index is 0.864. The van der Waals surface area contributed by atoms with Gasteiger partial charge in [0.25, 0.3) is 0 Å². The maximum atomic E-state index is 11.9. The van der Waals surface area contributed by atoms with Gasteiger partial charge in [0.05, 0.1) is 0 Å². The van der Waals surface area contributed by atoms with Crippen LogP contribution in [0.2, 0.25) is 0 Å². The summed E-state index contributed by atoms with van der Waals surface area (Å²) in [6.07, 6.45) is -1.36. The van der Waals surface area contributed by atoms with Gasteiger partial charge in [0.2, 0.25) is 0 Å². The molecule has 0 radical (unpaired) electrons. The highest BCUT2D eigenvalue weighted by Crippen LogP contribution is 2.18. The smallest absolute Gasteiger partial charge is 0.252 e. The number of aliphatic imine (C=N–C) groups is 1. The summed E-state index contributed by atoms with van der Waals surface area (Å²) in [5.74, 6) is 0. The van der Waals surface area contributed by atoms with E-state index >= 15 is 0 Å². The second-order valence-corrected chi connectivity index (χ2v) is 1.69. The molecule has 0 rings (SSSR count). The third-order valence-electron chi connectivity index (χ3n) is 0.845. The third kappa shape index (κ3) is 3.60. The number of alkyl halides is 3.